The Hall–Kier alpha value is -3.22. The molecule has 0 bridgehead atoms. The lowest BCUT2D eigenvalue weighted by molar-refractivity contribution is 0.0864. The van der Waals surface area contributed by atoms with E-state index in [1.54, 1.807) is 16.5 Å². The number of aromatic nitrogens is 2. The third kappa shape index (κ3) is 2.95. The van der Waals surface area contributed by atoms with Crippen LogP contribution in [0.2, 0.25) is 0 Å². The van der Waals surface area contributed by atoms with Crippen molar-refractivity contribution in [1.29, 1.82) is 0 Å². The van der Waals surface area contributed by atoms with Crippen molar-refractivity contribution in [3.63, 3.8) is 0 Å². The summed E-state index contributed by atoms with van der Waals surface area (Å²) in [6.07, 6.45) is 0.250. The molecule has 0 N–H and O–H groups in total. The zero-order chi connectivity index (χ0) is 19.0. The Morgan fingerprint density at radius 1 is 1.19 bits per heavy atom. The number of rotatable bonds is 4. The van der Waals surface area contributed by atoms with Crippen LogP contribution >= 0.6 is 0 Å². The van der Waals surface area contributed by atoms with Crippen molar-refractivity contribution in [2.24, 2.45) is 0 Å². The highest BCUT2D eigenvalue weighted by Crippen LogP contribution is 2.26. The molecule has 2 heterocycles. The topological polar surface area (TPSA) is 65.7 Å². The van der Waals surface area contributed by atoms with Crippen LogP contribution in [0.25, 0.3) is 11.0 Å². The van der Waals surface area contributed by atoms with E-state index in [2.05, 4.69) is 0 Å². The van der Waals surface area contributed by atoms with E-state index in [0.717, 1.165) is 22.2 Å². The van der Waals surface area contributed by atoms with Crippen molar-refractivity contribution in [2.75, 3.05) is 14.2 Å². The first-order chi connectivity index (χ1) is 13.1. The molecule has 1 amide bonds. The Kier molecular flexibility index (Phi) is 4.35. The van der Waals surface area contributed by atoms with E-state index in [-0.39, 0.29) is 18.3 Å². The van der Waals surface area contributed by atoms with Crippen molar-refractivity contribution in [1.82, 2.24) is 14.2 Å². The molecule has 4 rings (SSSR count). The predicted octanol–water partition coefficient (Wildman–Crippen LogP) is 2.05. The lowest BCUT2D eigenvalue weighted by atomic mass is 10.00. The summed E-state index contributed by atoms with van der Waals surface area (Å²) < 4.78 is 8.39. The molecule has 7 nitrogen and oxygen atoms in total. The van der Waals surface area contributed by atoms with Crippen LogP contribution in [0.4, 0.5) is 4.79 Å². The standard InChI is InChI=1S/C20H21N3O4/c1-21(20(25)27-13-14-7-4-3-5-8-14)16-11-15-9-6-10-17-18(15)22(12-16)19(24)23(17)26-2/h3-10,16H,11-13H2,1-2H3/t16-/m1/s1. The van der Waals surface area contributed by atoms with Gasteiger partial charge in [-0.3, -0.25) is 4.57 Å². The second-order valence-electron chi connectivity index (χ2n) is 6.66. The first-order valence-electron chi connectivity index (χ1n) is 8.81. The molecule has 1 aliphatic heterocycles. The number of benzene rings is 2. The molecule has 1 aromatic heterocycles. The molecule has 2 aromatic carbocycles. The van der Waals surface area contributed by atoms with E-state index in [9.17, 15) is 9.59 Å². The number of imidazole rings is 1. The first kappa shape index (κ1) is 17.2. The molecule has 0 fully saturated rings. The summed E-state index contributed by atoms with van der Waals surface area (Å²) in [5, 5.41) is 0. The Labute approximate surface area is 156 Å². The maximum Gasteiger partial charge on any atom is 0.410 e. The van der Waals surface area contributed by atoms with Gasteiger partial charge in [0.1, 0.15) is 19.2 Å². The van der Waals surface area contributed by atoms with Crippen LogP contribution in [-0.4, -0.2) is 40.5 Å². The number of carbonyl (C=O) groups is 1. The van der Waals surface area contributed by atoms with Crippen LogP contribution in [0.15, 0.2) is 53.3 Å². The minimum Gasteiger partial charge on any atom is -0.445 e. The maximum absolute atomic E-state index is 12.7. The molecule has 1 atom stereocenters. The van der Waals surface area contributed by atoms with E-state index < -0.39 is 6.09 Å². The van der Waals surface area contributed by atoms with E-state index in [1.807, 2.05) is 48.5 Å². The SMILES string of the molecule is COn1c(=O)n2c3c(cccc31)C[C@@H](N(C)C(=O)OCc1ccccc1)C2. The van der Waals surface area contributed by atoms with Gasteiger partial charge < -0.3 is 14.5 Å². The highest BCUT2D eigenvalue weighted by atomic mass is 16.7. The number of amides is 1. The van der Waals surface area contributed by atoms with Crippen molar-refractivity contribution >= 4 is 17.1 Å². The van der Waals surface area contributed by atoms with Crippen LogP contribution in [0.3, 0.4) is 0 Å². The molecule has 0 spiro atoms. The highest BCUT2D eigenvalue weighted by Gasteiger charge is 2.30. The molecule has 7 heteroatoms. The number of ether oxygens (including phenoxy) is 1. The maximum atomic E-state index is 12.7. The first-order valence-corrected chi connectivity index (χ1v) is 8.81. The van der Waals surface area contributed by atoms with Crippen molar-refractivity contribution in [3.05, 3.63) is 70.1 Å². The summed E-state index contributed by atoms with van der Waals surface area (Å²) in [5.74, 6) is 0. The average molecular weight is 367 g/mol. The Balaban J connectivity index is 1.54. The number of para-hydroxylation sites is 1. The summed E-state index contributed by atoms with van der Waals surface area (Å²) in [5.41, 5.74) is 3.32. The van der Waals surface area contributed by atoms with Crippen LogP contribution in [-0.2, 0) is 24.3 Å². The third-order valence-electron chi connectivity index (χ3n) is 5.06. The zero-order valence-electron chi connectivity index (χ0n) is 15.3. The summed E-state index contributed by atoms with van der Waals surface area (Å²) in [4.78, 5) is 32.0. The summed E-state index contributed by atoms with van der Waals surface area (Å²) in [6, 6.07) is 15.1. The number of carbonyl (C=O) groups excluding carboxylic acids is 1. The molecule has 0 saturated heterocycles. The highest BCUT2D eigenvalue weighted by molar-refractivity contribution is 5.80. The second-order valence-corrected chi connectivity index (χ2v) is 6.66. The van der Waals surface area contributed by atoms with E-state index in [1.165, 1.54) is 11.8 Å². The van der Waals surface area contributed by atoms with Crippen molar-refractivity contribution in [3.8, 4) is 0 Å². The molecule has 27 heavy (non-hydrogen) atoms. The smallest absolute Gasteiger partial charge is 0.410 e. The Morgan fingerprint density at radius 3 is 2.70 bits per heavy atom. The van der Waals surface area contributed by atoms with Gasteiger partial charge in [-0.2, -0.15) is 0 Å². The molecular formula is C20H21N3O4. The fourth-order valence-corrected chi connectivity index (χ4v) is 3.63. The second kappa shape index (κ2) is 6.83. The summed E-state index contributed by atoms with van der Waals surface area (Å²) in [7, 11) is 3.18. The van der Waals surface area contributed by atoms with Gasteiger partial charge in [0.15, 0.2) is 0 Å². The van der Waals surface area contributed by atoms with Gasteiger partial charge in [0.25, 0.3) is 0 Å². The number of hydrogen-bond acceptors (Lipinski definition) is 4. The van der Waals surface area contributed by atoms with Gasteiger partial charge in [0.05, 0.1) is 11.6 Å². The van der Waals surface area contributed by atoms with Crippen LogP contribution in [0.1, 0.15) is 11.1 Å². The lowest BCUT2D eigenvalue weighted by Crippen LogP contribution is -2.45. The molecule has 3 aromatic rings. The summed E-state index contributed by atoms with van der Waals surface area (Å²) >= 11 is 0. The van der Waals surface area contributed by atoms with E-state index in [0.29, 0.717) is 13.0 Å². The molecule has 140 valence electrons. The average Bonchev–Trinajstić information content (AvgIpc) is 2.99. The number of hydrogen-bond donors (Lipinski definition) is 0. The Bertz CT molecular complexity index is 1040. The van der Waals surface area contributed by atoms with E-state index in [4.69, 9.17) is 9.57 Å². The molecule has 0 saturated carbocycles. The van der Waals surface area contributed by atoms with Crippen molar-refractivity contribution < 1.29 is 14.4 Å². The van der Waals surface area contributed by atoms with Gasteiger partial charge in [0.2, 0.25) is 0 Å². The van der Waals surface area contributed by atoms with Crippen molar-refractivity contribution in [2.45, 2.75) is 25.6 Å². The van der Waals surface area contributed by atoms with Crippen LogP contribution < -0.4 is 10.5 Å². The number of nitrogens with zero attached hydrogens (tertiary/aromatic N) is 3. The van der Waals surface area contributed by atoms with Gasteiger partial charge in [0, 0.05) is 13.6 Å². The van der Waals surface area contributed by atoms with Crippen LogP contribution in [0.5, 0.6) is 0 Å². The van der Waals surface area contributed by atoms with Gasteiger partial charge in [-0.25, -0.2) is 9.59 Å². The molecular weight excluding hydrogens is 346 g/mol. The van der Waals surface area contributed by atoms with Gasteiger partial charge in [-0.1, -0.05) is 42.5 Å². The minimum absolute atomic E-state index is 0.170. The molecule has 0 unspecified atom stereocenters. The fraction of sp³-hybridized carbons (Fsp3) is 0.300. The minimum atomic E-state index is -0.404. The fourth-order valence-electron chi connectivity index (χ4n) is 3.63. The molecule has 0 aliphatic carbocycles. The normalized spacial score (nSPS) is 15.6. The third-order valence-corrected chi connectivity index (χ3v) is 5.06. The molecule has 1 aliphatic rings. The number of likely N-dealkylation sites (N-methyl/N-ethyl adjacent to an activating group) is 1. The zero-order valence-corrected chi connectivity index (χ0v) is 15.3. The summed E-state index contributed by atoms with van der Waals surface area (Å²) in [6.45, 7) is 0.622. The van der Waals surface area contributed by atoms with Gasteiger partial charge >= 0.3 is 11.8 Å². The monoisotopic (exact) mass is 367 g/mol. The lowest BCUT2D eigenvalue weighted by Gasteiger charge is -2.31. The van der Waals surface area contributed by atoms with Crippen LogP contribution in [0, 0.1) is 0 Å². The van der Waals surface area contributed by atoms with E-state index >= 15 is 0 Å². The van der Waals surface area contributed by atoms with Gasteiger partial charge in [-0.05, 0) is 23.6 Å². The Morgan fingerprint density at radius 2 is 1.96 bits per heavy atom. The quantitative estimate of drug-likeness (QED) is 0.708. The largest absolute Gasteiger partial charge is 0.445 e. The predicted molar refractivity (Wildman–Crippen MR) is 101 cm³/mol. The molecule has 0 radical (unpaired) electrons. The van der Waals surface area contributed by atoms with Gasteiger partial charge in [-0.15, -0.1) is 4.73 Å².